The van der Waals surface area contributed by atoms with Crippen LogP contribution in [0.15, 0.2) is 22.7 Å². The van der Waals surface area contributed by atoms with Gasteiger partial charge in [-0.3, -0.25) is 0 Å². The Hall–Kier alpha value is -0.410. The summed E-state index contributed by atoms with van der Waals surface area (Å²) >= 11 is 3.33. The van der Waals surface area contributed by atoms with E-state index in [0.717, 1.165) is 10.0 Å². The van der Waals surface area contributed by atoms with E-state index in [0.29, 0.717) is 12.8 Å². The molecule has 1 atom stereocenters. The van der Waals surface area contributed by atoms with Crippen molar-refractivity contribution in [3.63, 3.8) is 0 Å². The summed E-state index contributed by atoms with van der Waals surface area (Å²) in [6.45, 7) is 1.73. The van der Waals surface area contributed by atoms with Crippen LogP contribution in [-0.2, 0) is 6.42 Å². The molecule has 0 aliphatic heterocycles. The van der Waals surface area contributed by atoms with Crippen molar-refractivity contribution < 1.29 is 9.50 Å². The van der Waals surface area contributed by atoms with Crippen LogP contribution in [0.25, 0.3) is 0 Å². The number of benzene rings is 1. The Morgan fingerprint density at radius 3 is 2.85 bits per heavy atom. The molecule has 13 heavy (non-hydrogen) atoms. The first kappa shape index (κ1) is 10.7. The van der Waals surface area contributed by atoms with Gasteiger partial charge in [0.2, 0.25) is 0 Å². The molecule has 0 saturated heterocycles. The zero-order valence-electron chi connectivity index (χ0n) is 7.43. The van der Waals surface area contributed by atoms with Gasteiger partial charge in [0.25, 0.3) is 0 Å². The van der Waals surface area contributed by atoms with Crippen LogP contribution in [0.2, 0.25) is 0 Å². The lowest BCUT2D eigenvalue weighted by Crippen LogP contribution is -2.01. The average Bonchev–Trinajstić information content (AvgIpc) is 2.06. The van der Waals surface area contributed by atoms with Crippen LogP contribution in [0.3, 0.4) is 0 Å². The summed E-state index contributed by atoms with van der Waals surface area (Å²) in [7, 11) is 0. The van der Waals surface area contributed by atoms with Crippen LogP contribution in [0.5, 0.6) is 0 Å². The van der Waals surface area contributed by atoms with Crippen LogP contribution >= 0.6 is 15.9 Å². The Morgan fingerprint density at radius 2 is 2.23 bits per heavy atom. The molecule has 72 valence electrons. The van der Waals surface area contributed by atoms with Gasteiger partial charge in [-0.05, 0) is 43.5 Å². The molecule has 1 N–H and O–H groups in total. The van der Waals surface area contributed by atoms with Gasteiger partial charge in [0.15, 0.2) is 0 Å². The number of rotatable bonds is 3. The van der Waals surface area contributed by atoms with Crippen LogP contribution < -0.4 is 0 Å². The summed E-state index contributed by atoms with van der Waals surface area (Å²) in [6.07, 6.45) is 1.01. The maximum Gasteiger partial charge on any atom is 0.123 e. The first-order valence-corrected chi connectivity index (χ1v) is 5.01. The number of aryl methyl sites for hydroxylation is 1. The molecule has 1 nitrogen and oxygen atoms in total. The molecule has 0 fully saturated rings. The van der Waals surface area contributed by atoms with Crippen molar-refractivity contribution in [2.75, 3.05) is 0 Å². The van der Waals surface area contributed by atoms with Gasteiger partial charge < -0.3 is 5.11 Å². The molecular formula is C10H12BrFO. The van der Waals surface area contributed by atoms with Crippen LogP contribution in [0.4, 0.5) is 4.39 Å². The predicted molar refractivity (Wildman–Crippen MR) is 54.1 cm³/mol. The van der Waals surface area contributed by atoms with Crippen molar-refractivity contribution in [2.24, 2.45) is 0 Å². The lowest BCUT2D eigenvalue weighted by atomic mass is 10.1. The van der Waals surface area contributed by atoms with E-state index in [1.54, 1.807) is 13.0 Å². The molecule has 1 rings (SSSR count). The van der Waals surface area contributed by atoms with Gasteiger partial charge in [-0.25, -0.2) is 4.39 Å². The summed E-state index contributed by atoms with van der Waals surface area (Å²) in [6, 6.07) is 4.59. The van der Waals surface area contributed by atoms with E-state index in [1.807, 2.05) is 0 Å². The Morgan fingerprint density at radius 1 is 1.54 bits per heavy atom. The molecule has 1 aromatic carbocycles. The third kappa shape index (κ3) is 3.44. The fraction of sp³-hybridized carbons (Fsp3) is 0.400. The van der Waals surface area contributed by atoms with Crippen molar-refractivity contribution >= 4 is 15.9 Å². The zero-order valence-corrected chi connectivity index (χ0v) is 9.01. The van der Waals surface area contributed by atoms with Crippen molar-refractivity contribution in [3.05, 3.63) is 34.1 Å². The molecule has 0 bridgehead atoms. The topological polar surface area (TPSA) is 20.2 Å². The van der Waals surface area contributed by atoms with Crippen molar-refractivity contribution in [2.45, 2.75) is 25.9 Å². The molecule has 0 aromatic heterocycles. The smallest absolute Gasteiger partial charge is 0.123 e. The van der Waals surface area contributed by atoms with E-state index in [4.69, 9.17) is 5.11 Å². The molecule has 1 aromatic rings. The molecule has 0 aliphatic rings. The highest BCUT2D eigenvalue weighted by Crippen LogP contribution is 2.19. The van der Waals surface area contributed by atoms with Gasteiger partial charge in [0, 0.05) is 4.47 Å². The lowest BCUT2D eigenvalue weighted by Gasteiger charge is -2.06. The van der Waals surface area contributed by atoms with Gasteiger partial charge in [-0.2, -0.15) is 0 Å². The molecule has 0 spiro atoms. The largest absolute Gasteiger partial charge is 0.393 e. The molecule has 0 amide bonds. The lowest BCUT2D eigenvalue weighted by molar-refractivity contribution is 0.185. The number of aliphatic hydroxyl groups is 1. The van der Waals surface area contributed by atoms with E-state index < -0.39 is 0 Å². The molecule has 0 saturated carbocycles. The monoisotopic (exact) mass is 246 g/mol. The summed E-state index contributed by atoms with van der Waals surface area (Å²) in [5, 5.41) is 9.06. The fourth-order valence-electron chi connectivity index (χ4n) is 1.10. The number of hydrogen-bond donors (Lipinski definition) is 1. The molecular weight excluding hydrogens is 235 g/mol. The van der Waals surface area contributed by atoms with Gasteiger partial charge in [0.1, 0.15) is 5.82 Å². The van der Waals surface area contributed by atoms with E-state index >= 15 is 0 Å². The maximum absolute atomic E-state index is 12.8. The molecule has 0 radical (unpaired) electrons. The van der Waals surface area contributed by atoms with E-state index in [-0.39, 0.29) is 11.9 Å². The van der Waals surface area contributed by atoms with Crippen molar-refractivity contribution in [1.29, 1.82) is 0 Å². The second-order valence-corrected chi connectivity index (χ2v) is 3.98. The number of halogens is 2. The first-order valence-electron chi connectivity index (χ1n) is 4.21. The highest BCUT2D eigenvalue weighted by Gasteiger charge is 2.03. The Balaban J connectivity index is 2.70. The Labute approximate surface area is 85.7 Å². The van der Waals surface area contributed by atoms with Crippen LogP contribution in [-0.4, -0.2) is 11.2 Å². The van der Waals surface area contributed by atoms with E-state index in [2.05, 4.69) is 15.9 Å². The summed E-state index contributed by atoms with van der Waals surface area (Å²) in [4.78, 5) is 0. The fourth-order valence-corrected chi connectivity index (χ4v) is 1.54. The van der Waals surface area contributed by atoms with Gasteiger partial charge >= 0.3 is 0 Å². The minimum absolute atomic E-state index is 0.233. The third-order valence-electron chi connectivity index (χ3n) is 1.84. The van der Waals surface area contributed by atoms with Crippen molar-refractivity contribution in [3.8, 4) is 0 Å². The summed E-state index contributed by atoms with van der Waals surface area (Å²) < 4.78 is 13.7. The van der Waals surface area contributed by atoms with Crippen LogP contribution in [0, 0.1) is 5.82 Å². The molecule has 3 heteroatoms. The Bertz CT molecular complexity index is 286. The predicted octanol–water partition coefficient (Wildman–Crippen LogP) is 2.90. The highest BCUT2D eigenvalue weighted by molar-refractivity contribution is 9.10. The molecule has 0 heterocycles. The normalized spacial score (nSPS) is 12.9. The van der Waals surface area contributed by atoms with Crippen LogP contribution in [0.1, 0.15) is 18.9 Å². The van der Waals surface area contributed by atoms with Crippen molar-refractivity contribution in [1.82, 2.24) is 0 Å². The van der Waals surface area contributed by atoms with E-state index in [9.17, 15) is 4.39 Å². The molecule has 0 aliphatic carbocycles. The average molecular weight is 247 g/mol. The zero-order chi connectivity index (χ0) is 9.84. The number of hydrogen-bond acceptors (Lipinski definition) is 1. The standard InChI is InChI=1S/C10H12BrFO/c1-7(13)2-3-8-6-9(12)4-5-10(8)11/h4-7,13H,2-3H2,1H3/t7-/m1/s1. The second-order valence-electron chi connectivity index (χ2n) is 3.12. The molecule has 0 unspecified atom stereocenters. The number of aliphatic hydroxyl groups excluding tert-OH is 1. The second kappa shape index (κ2) is 4.72. The quantitative estimate of drug-likeness (QED) is 0.870. The summed E-state index contributed by atoms with van der Waals surface area (Å²) in [5.41, 5.74) is 0.904. The minimum Gasteiger partial charge on any atom is -0.393 e. The van der Waals surface area contributed by atoms with Gasteiger partial charge in [0.05, 0.1) is 6.10 Å². The van der Waals surface area contributed by atoms with Gasteiger partial charge in [-0.15, -0.1) is 0 Å². The highest BCUT2D eigenvalue weighted by atomic mass is 79.9. The van der Waals surface area contributed by atoms with E-state index in [1.165, 1.54) is 12.1 Å². The third-order valence-corrected chi connectivity index (χ3v) is 2.61. The first-order chi connectivity index (χ1) is 6.09. The SMILES string of the molecule is C[C@@H](O)CCc1cc(F)ccc1Br. The Kier molecular flexibility index (Phi) is 3.88. The minimum atomic E-state index is -0.338. The summed E-state index contributed by atoms with van der Waals surface area (Å²) in [5.74, 6) is -0.233. The van der Waals surface area contributed by atoms with Gasteiger partial charge in [-0.1, -0.05) is 15.9 Å². The maximum atomic E-state index is 12.8.